The molecular weight excluding hydrogens is 382 g/mol. The van der Waals surface area contributed by atoms with Crippen LogP contribution in [0.4, 0.5) is 5.69 Å². The predicted molar refractivity (Wildman–Crippen MR) is 120 cm³/mol. The Kier molecular flexibility index (Phi) is 6.03. The zero-order chi connectivity index (χ0) is 21.2. The van der Waals surface area contributed by atoms with Gasteiger partial charge in [-0.1, -0.05) is 57.2 Å². The number of thiocarbonyl (C=S) groups is 1. The van der Waals surface area contributed by atoms with Gasteiger partial charge in [0, 0.05) is 17.2 Å². The van der Waals surface area contributed by atoms with E-state index in [0.29, 0.717) is 11.3 Å². The van der Waals surface area contributed by atoms with Gasteiger partial charge in [0.2, 0.25) is 5.91 Å². The highest BCUT2D eigenvalue weighted by Crippen LogP contribution is 2.47. The maximum atomic E-state index is 12.4. The van der Waals surface area contributed by atoms with E-state index >= 15 is 0 Å². The summed E-state index contributed by atoms with van der Waals surface area (Å²) in [6.45, 7) is 8.08. The fraction of sp³-hybridized carbons (Fsp3) is 0.348. The van der Waals surface area contributed by atoms with Crippen LogP contribution >= 0.6 is 12.2 Å². The van der Waals surface area contributed by atoms with Gasteiger partial charge in [0.25, 0.3) is 0 Å². The number of carbonyl (C=O) groups is 2. The molecule has 0 aliphatic heterocycles. The minimum absolute atomic E-state index is 0.0175. The van der Waals surface area contributed by atoms with Crippen molar-refractivity contribution in [1.82, 2.24) is 10.9 Å². The topological polar surface area (TPSA) is 70.2 Å². The molecule has 0 spiro atoms. The Labute approximate surface area is 177 Å². The molecule has 6 heteroatoms. The number of benzene rings is 2. The highest BCUT2D eigenvalue weighted by atomic mass is 32.1. The van der Waals surface area contributed by atoms with Crippen LogP contribution in [0.2, 0.25) is 0 Å². The van der Waals surface area contributed by atoms with Crippen molar-refractivity contribution in [2.75, 3.05) is 5.32 Å². The lowest BCUT2D eigenvalue weighted by Gasteiger charge is -2.19. The summed E-state index contributed by atoms with van der Waals surface area (Å²) >= 11 is 5.22. The number of Topliss-reactive ketones (excluding diaryl/α,β-unsaturated/α-hetero) is 1. The molecule has 1 aliphatic rings. The highest BCUT2D eigenvalue weighted by molar-refractivity contribution is 7.80. The number of amides is 1. The highest BCUT2D eigenvalue weighted by Gasteiger charge is 2.44. The fourth-order valence-corrected chi connectivity index (χ4v) is 3.44. The average molecular weight is 410 g/mol. The van der Waals surface area contributed by atoms with Crippen LogP contribution in [0.5, 0.6) is 0 Å². The van der Waals surface area contributed by atoms with E-state index in [1.807, 2.05) is 0 Å². The van der Waals surface area contributed by atoms with Crippen LogP contribution in [0.1, 0.15) is 61.5 Å². The van der Waals surface area contributed by atoms with E-state index < -0.39 is 0 Å². The van der Waals surface area contributed by atoms with Crippen molar-refractivity contribution >= 4 is 34.7 Å². The molecule has 5 nitrogen and oxygen atoms in total. The second-order valence-corrected chi connectivity index (χ2v) is 8.93. The van der Waals surface area contributed by atoms with Crippen molar-refractivity contribution in [3.05, 3.63) is 65.2 Å². The number of rotatable bonds is 4. The first-order valence-corrected chi connectivity index (χ1v) is 10.1. The number of carbonyl (C=O) groups excluding carboxylic acids is 2. The molecule has 3 N–H and O–H groups in total. The van der Waals surface area contributed by atoms with E-state index in [9.17, 15) is 9.59 Å². The molecule has 1 aliphatic carbocycles. The van der Waals surface area contributed by atoms with Crippen molar-refractivity contribution in [2.24, 2.45) is 5.92 Å². The average Bonchev–Trinajstić information content (AvgIpc) is 3.46. The molecule has 1 amide bonds. The monoisotopic (exact) mass is 409 g/mol. The predicted octanol–water partition coefficient (Wildman–Crippen LogP) is 4.31. The lowest BCUT2D eigenvalue weighted by molar-refractivity contribution is -0.122. The van der Waals surface area contributed by atoms with Crippen molar-refractivity contribution < 1.29 is 9.59 Å². The molecule has 29 heavy (non-hydrogen) atoms. The van der Waals surface area contributed by atoms with Gasteiger partial charge in [0.15, 0.2) is 10.9 Å². The van der Waals surface area contributed by atoms with Gasteiger partial charge in [-0.2, -0.15) is 0 Å². The second-order valence-electron chi connectivity index (χ2n) is 8.53. The zero-order valence-electron chi connectivity index (χ0n) is 17.2. The maximum Gasteiger partial charge on any atom is 0.242 e. The zero-order valence-corrected chi connectivity index (χ0v) is 18.0. The molecule has 0 radical (unpaired) electrons. The molecule has 0 heterocycles. The maximum absolute atomic E-state index is 12.4. The van der Waals surface area contributed by atoms with Crippen LogP contribution in [0.3, 0.4) is 0 Å². The molecular formula is C23H27N3O2S. The van der Waals surface area contributed by atoms with E-state index in [2.05, 4.69) is 61.2 Å². The summed E-state index contributed by atoms with van der Waals surface area (Å²) in [6.07, 6.45) is 0.837. The third kappa shape index (κ3) is 5.41. The van der Waals surface area contributed by atoms with E-state index in [1.54, 1.807) is 24.3 Å². The standard InChI is InChI=1S/C23H27N3O2S/c1-14(27)16-6-5-7-18(12-16)24-22(29)26-25-21(28)20-13-19(20)15-8-10-17(11-9-15)23(2,3)4/h5-12,19-20H,13H2,1-4H3,(H,25,28)(H2,24,26,29)/t19-,20+/m1/s1. The Morgan fingerprint density at radius 1 is 1.03 bits per heavy atom. The molecule has 2 atom stereocenters. The summed E-state index contributed by atoms with van der Waals surface area (Å²) in [4.78, 5) is 23.9. The Morgan fingerprint density at radius 3 is 2.34 bits per heavy atom. The van der Waals surface area contributed by atoms with Crippen molar-refractivity contribution in [1.29, 1.82) is 0 Å². The summed E-state index contributed by atoms with van der Waals surface area (Å²) < 4.78 is 0. The van der Waals surface area contributed by atoms with E-state index in [1.165, 1.54) is 18.1 Å². The number of ketones is 1. The van der Waals surface area contributed by atoms with Crippen molar-refractivity contribution in [3.63, 3.8) is 0 Å². The number of anilines is 1. The van der Waals surface area contributed by atoms with Gasteiger partial charge in [0.1, 0.15) is 0 Å². The number of hydrogen-bond donors (Lipinski definition) is 3. The normalized spacial score (nSPS) is 17.9. The number of hydrazine groups is 1. The first kappa shape index (κ1) is 21.0. The Balaban J connectivity index is 1.48. The molecule has 0 bridgehead atoms. The van der Waals surface area contributed by atoms with Crippen LogP contribution in [0, 0.1) is 5.92 Å². The summed E-state index contributed by atoms with van der Waals surface area (Å²) in [7, 11) is 0. The Hall–Kier alpha value is -2.73. The van der Waals surface area contributed by atoms with Gasteiger partial charge in [-0.05, 0) is 60.2 Å². The second kappa shape index (κ2) is 8.33. The van der Waals surface area contributed by atoms with Crippen molar-refractivity contribution in [2.45, 2.75) is 45.4 Å². The van der Waals surface area contributed by atoms with Crippen LogP contribution in [-0.2, 0) is 10.2 Å². The van der Waals surface area contributed by atoms with Crippen LogP contribution in [-0.4, -0.2) is 16.8 Å². The molecule has 3 rings (SSSR count). The quantitative estimate of drug-likeness (QED) is 0.399. The first-order valence-electron chi connectivity index (χ1n) is 9.73. The minimum Gasteiger partial charge on any atom is -0.331 e. The van der Waals surface area contributed by atoms with E-state index in [-0.39, 0.29) is 34.1 Å². The van der Waals surface area contributed by atoms with Gasteiger partial charge in [-0.25, -0.2) is 0 Å². The number of nitrogens with one attached hydrogen (secondary N) is 3. The van der Waals surface area contributed by atoms with Gasteiger partial charge < -0.3 is 5.32 Å². The molecule has 0 saturated heterocycles. The third-order valence-corrected chi connectivity index (χ3v) is 5.36. The molecule has 0 aromatic heterocycles. The lowest BCUT2D eigenvalue weighted by atomic mass is 9.86. The summed E-state index contributed by atoms with van der Waals surface area (Å²) in [6, 6.07) is 15.6. The Morgan fingerprint density at radius 2 is 1.72 bits per heavy atom. The van der Waals surface area contributed by atoms with E-state index in [4.69, 9.17) is 12.2 Å². The van der Waals surface area contributed by atoms with Crippen molar-refractivity contribution in [3.8, 4) is 0 Å². The van der Waals surface area contributed by atoms with Gasteiger partial charge in [-0.15, -0.1) is 0 Å². The molecule has 2 aromatic carbocycles. The molecule has 1 fully saturated rings. The SMILES string of the molecule is CC(=O)c1cccc(NC(=S)NNC(=O)[C@H]2C[C@@H]2c2ccc(C(C)(C)C)cc2)c1. The summed E-state index contributed by atoms with van der Waals surface area (Å²) in [5.74, 6) is 0.110. The van der Waals surface area contributed by atoms with Gasteiger partial charge in [-0.3, -0.25) is 20.4 Å². The van der Waals surface area contributed by atoms with Gasteiger partial charge >= 0.3 is 0 Å². The largest absolute Gasteiger partial charge is 0.331 e. The Bertz CT molecular complexity index is 932. The van der Waals surface area contributed by atoms with Crippen LogP contribution < -0.4 is 16.2 Å². The lowest BCUT2D eigenvalue weighted by Crippen LogP contribution is -2.44. The fourth-order valence-electron chi connectivity index (χ4n) is 3.27. The molecule has 0 unspecified atom stereocenters. The summed E-state index contributed by atoms with van der Waals surface area (Å²) in [5.41, 5.74) is 9.30. The van der Waals surface area contributed by atoms with Gasteiger partial charge in [0.05, 0.1) is 0 Å². The molecule has 2 aromatic rings. The molecule has 152 valence electrons. The first-order chi connectivity index (χ1) is 13.6. The van der Waals surface area contributed by atoms with Crippen LogP contribution in [0.25, 0.3) is 0 Å². The minimum atomic E-state index is -0.0727. The third-order valence-electron chi connectivity index (χ3n) is 5.16. The number of hydrogen-bond acceptors (Lipinski definition) is 3. The van der Waals surface area contributed by atoms with E-state index in [0.717, 1.165) is 6.42 Å². The summed E-state index contributed by atoms with van der Waals surface area (Å²) in [5, 5.41) is 3.24. The molecule has 1 saturated carbocycles. The van der Waals surface area contributed by atoms with Crippen LogP contribution in [0.15, 0.2) is 48.5 Å². The smallest absolute Gasteiger partial charge is 0.242 e.